The van der Waals surface area contributed by atoms with E-state index in [1.54, 1.807) is 28.9 Å². The van der Waals surface area contributed by atoms with Crippen molar-refractivity contribution < 1.29 is 4.79 Å². The topological polar surface area (TPSA) is 51.0 Å². The van der Waals surface area contributed by atoms with Gasteiger partial charge in [-0.25, -0.2) is 9.67 Å². The molecule has 0 aliphatic carbocycles. The molecule has 0 saturated carbocycles. The monoisotopic (exact) mass is 410 g/mol. The van der Waals surface area contributed by atoms with Gasteiger partial charge < -0.3 is 4.90 Å². The quantitative estimate of drug-likeness (QED) is 0.434. The smallest absolute Gasteiger partial charge is 0.256 e. The van der Waals surface area contributed by atoms with E-state index in [0.29, 0.717) is 18.7 Å². The summed E-state index contributed by atoms with van der Waals surface area (Å²) in [6.07, 6.45) is 1.79. The summed E-state index contributed by atoms with van der Waals surface area (Å²) < 4.78 is 1.89. The Balaban J connectivity index is 1.70. The predicted octanol–water partition coefficient (Wildman–Crippen LogP) is 5.29. The van der Waals surface area contributed by atoms with Crippen LogP contribution in [0.15, 0.2) is 47.3 Å². The van der Waals surface area contributed by atoms with Gasteiger partial charge in [-0.05, 0) is 49.7 Å². The zero-order valence-corrected chi connectivity index (χ0v) is 17.8. The average molecular weight is 411 g/mol. The Hall–Kier alpha value is -2.51. The maximum absolute atomic E-state index is 13.5. The van der Waals surface area contributed by atoms with Gasteiger partial charge in [0.15, 0.2) is 5.65 Å². The van der Waals surface area contributed by atoms with Crippen LogP contribution in [-0.2, 0) is 13.1 Å². The van der Waals surface area contributed by atoms with Gasteiger partial charge in [0.05, 0.1) is 30.5 Å². The zero-order valence-electron chi connectivity index (χ0n) is 16.1. The molecule has 0 bridgehead atoms. The third-order valence-corrected chi connectivity index (χ3v) is 6.34. The number of carbonyl (C=O) groups is 1. The second-order valence-corrected chi connectivity index (χ2v) is 9.10. The first kappa shape index (κ1) is 18.8. The van der Waals surface area contributed by atoms with E-state index in [4.69, 9.17) is 4.98 Å². The van der Waals surface area contributed by atoms with Gasteiger partial charge in [-0.2, -0.15) is 5.10 Å². The summed E-state index contributed by atoms with van der Waals surface area (Å²) in [5.41, 5.74) is 2.21. The van der Waals surface area contributed by atoms with Crippen LogP contribution in [0, 0.1) is 6.92 Å². The Labute approximate surface area is 172 Å². The van der Waals surface area contributed by atoms with Gasteiger partial charge in [0, 0.05) is 21.2 Å². The Bertz CT molecular complexity index is 1050. The molecule has 0 aromatic carbocycles. The molecule has 0 saturated heterocycles. The molecule has 0 N–H and O–H groups in total. The number of nitrogens with zero attached hydrogens (tertiary/aromatic N) is 4. The highest BCUT2D eigenvalue weighted by atomic mass is 32.1. The molecule has 0 aliphatic rings. The van der Waals surface area contributed by atoms with E-state index >= 15 is 0 Å². The Morgan fingerprint density at radius 2 is 1.79 bits per heavy atom. The standard InChI is InChI=1S/C21H22N4OS2/c1-14(2)25-20-16(11-22-25)10-19(15(3)23-20)21(26)24(12-17-6-4-8-27-17)13-18-7-5-9-28-18/h4-11,14H,12-13H2,1-3H3. The fourth-order valence-electron chi connectivity index (χ4n) is 3.21. The molecule has 7 heteroatoms. The average Bonchev–Trinajstić information content (AvgIpc) is 3.41. The number of fused-ring (bicyclic) bond motifs is 1. The Morgan fingerprint density at radius 1 is 1.14 bits per heavy atom. The maximum atomic E-state index is 13.5. The Morgan fingerprint density at radius 3 is 2.32 bits per heavy atom. The number of aromatic nitrogens is 3. The third kappa shape index (κ3) is 3.72. The van der Waals surface area contributed by atoms with Crippen molar-refractivity contribution in [1.82, 2.24) is 19.7 Å². The van der Waals surface area contributed by atoms with Gasteiger partial charge >= 0.3 is 0 Å². The molecule has 0 radical (unpaired) electrons. The highest BCUT2D eigenvalue weighted by Gasteiger charge is 2.22. The maximum Gasteiger partial charge on any atom is 0.256 e. The molecule has 1 amide bonds. The van der Waals surface area contributed by atoms with Crippen LogP contribution in [0.1, 0.15) is 45.7 Å². The van der Waals surface area contributed by atoms with Crippen molar-refractivity contribution in [3.8, 4) is 0 Å². The van der Waals surface area contributed by atoms with E-state index in [1.807, 2.05) is 45.5 Å². The molecule has 5 nitrogen and oxygen atoms in total. The summed E-state index contributed by atoms with van der Waals surface area (Å²) in [5, 5.41) is 9.42. The molecule has 4 aromatic heterocycles. The number of amides is 1. The lowest BCUT2D eigenvalue weighted by molar-refractivity contribution is 0.0732. The normalized spacial score (nSPS) is 11.4. The van der Waals surface area contributed by atoms with Crippen molar-refractivity contribution in [2.24, 2.45) is 0 Å². The molecule has 0 atom stereocenters. The molecular weight excluding hydrogens is 388 g/mol. The molecule has 28 heavy (non-hydrogen) atoms. The van der Waals surface area contributed by atoms with E-state index in [2.05, 4.69) is 31.1 Å². The molecule has 0 aliphatic heterocycles. The Kier molecular flexibility index (Phi) is 5.28. The summed E-state index contributed by atoms with van der Waals surface area (Å²) in [6.45, 7) is 7.24. The zero-order chi connectivity index (χ0) is 19.7. The minimum Gasteiger partial charge on any atom is -0.328 e. The van der Waals surface area contributed by atoms with Crippen LogP contribution in [0.4, 0.5) is 0 Å². The number of thiophene rings is 2. The lowest BCUT2D eigenvalue weighted by Gasteiger charge is -2.22. The van der Waals surface area contributed by atoms with Crippen LogP contribution in [0.5, 0.6) is 0 Å². The fraction of sp³-hybridized carbons (Fsp3) is 0.286. The summed E-state index contributed by atoms with van der Waals surface area (Å²) >= 11 is 3.34. The molecule has 4 aromatic rings. The van der Waals surface area contributed by atoms with E-state index < -0.39 is 0 Å². The van der Waals surface area contributed by atoms with E-state index in [1.165, 1.54) is 9.75 Å². The van der Waals surface area contributed by atoms with Crippen LogP contribution in [-0.4, -0.2) is 25.6 Å². The van der Waals surface area contributed by atoms with Gasteiger partial charge in [0.2, 0.25) is 0 Å². The van der Waals surface area contributed by atoms with Gasteiger partial charge in [-0.15, -0.1) is 22.7 Å². The molecule has 0 spiro atoms. The van der Waals surface area contributed by atoms with Crippen LogP contribution in [0.25, 0.3) is 11.0 Å². The number of aryl methyl sites for hydroxylation is 1. The number of rotatable bonds is 6. The van der Waals surface area contributed by atoms with Crippen LogP contribution < -0.4 is 0 Å². The summed E-state index contributed by atoms with van der Waals surface area (Å²) in [5.74, 6) is 0.00555. The van der Waals surface area contributed by atoms with Crippen molar-refractivity contribution in [3.05, 3.63) is 68.3 Å². The van der Waals surface area contributed by atoms with Crippen LogP contribution in [0.2, 0.25) is 0 Å². The minimum atomic E-state index is 0.00555. The summed E-state index contributed by atoms with van der Waals surface area (Å²) in [4.78, 5) is 22.4. The number of pyridine rings is 1. The van der Waals surface area contributed by atoms with E-state index in [9.17, 15) is 4.79 Å². The van der Waals surface area contributed by atoms with Gasteiger partial charge in [0.1, 0.15) is 0 Å². The van der Waals surface area contributed by atoms with Crippen molar-refractivity contribution in [3.63, 3.8) is 0 Å². The first-order chi connectivity index (χ1) is 13.5. The highest BCUT2D eigenvalue weighted by molar-refractivity contribution is 7.10. The lowest BCUT2D eigenvalue weighted by Crippen LogP contribution is -2.30. The molecule has 144 valence electrons. The highest BCUT2D eigenvalue weighted by Crippen LogP contribution is 2.23. The molecule has 4 rings (SSSR count). The molecule has 4 heterocycles. The van der Waals surface area contributed by atoms with Gasteiger partial charge in [0.25, 0.3) is 5.91 Å². The lowest BCUT2D eigenvalue weighted by atomic mass is 10.1. The fourth-order valence-corrected chi connectivity index (χ4v) is 4.65. The third-order valence-electron chi connectivity index (χ3n) is 4.62. The van der Waals surface area contributed by atoms with Gasteiger partial charge in [-0.3, -0.25) is 4.79 Å². The summed E-state index contributed by atoms with van der Waals surface area (Å²) in [7, 11) is 0. The van der Waals surface area contributed by atoms with Crippen molar-refractivity contribution in [2.75, 3.05) is 0 Å². The van der Waals surface area contributed by atoms with Gasteiger partial charge in [-0.1, -0.05) is 12.1 Å². The van der Waals surface area contributed by atoms with Crippen molar-refractivity contribution in [1.29, 1.82) is 0 Å². The second-order valence-electron chi connectivity index (χ2n) is 7.04. The largest absolute Gasteiger partial charge is 0.328 e. The first-order valence-electron chi connectivity index (χ1n) is 9.22. The van der Waals surface area contributed by atoms with Crippen molar-refractivity contribution >= 4 is 39.6 Å². The number of carbonyl (C=O) groups excluding carboxylic acids is 1. The number of hydrogen-bond acceptors (Lipinski definition) is 5. The predicted molar refractivity (Wildman–Crippen MR) is 115 cm³/mol. The van der Waals surface area contributed by atoms with E-state index in [0.717, 1.165) is 16.7 Å². The van der Waals surface area contributed by atoms with Crippen molar-refractivity contribution in [2.45, 2.75) is 39.9 Å². The van der Waals surface area contributed by atoms with E-state index in [-0.39, 0.29) is 11.9 Å². The van der Waals surface area contributed by atoms with Crippen LogP contribution >= 0.6 is 22.7 Å². The molecule has 0 fully saturated rings. The first-order valence-corrected chi connectivity index (χ1v) is 11.0. The van der Waals surface area contributed by atoms with Crippen LogP contribution in [0.3, 0.4) is 0 Å². The molecule has 0 unspecified atom stereocenters. The minimum absolute atomic E-state index is 0.00555. The second kappa shape index (κ2) is 7.85. The number of hydrogen-bond donors (Lipinski definition) is 0. The SMILES string of the molecule is Cc1nc2c(cnn2C(C)C)cc1C(=O)N(Cc1cccs1)Cc1cccs1. The summed E-state index contributed by atoms with van der Waals surface area (Å²) in [6, 6.07) is 10.3. The molecular formula is C21H22N4OS2.